The Morgan fingerprint density at radius 3 is 2.72 bits per heavy atom. The number of benzene rings is 1. The molecule has 6 nitrogen and oxygen atoms in total. The Labute approximate surface area is 170 Å². The lowest BCUT2D eigenvalue weighted by Crippen LogP contribution is -2.33. The Morgan fingerprint density at radius 1 is 1.07 bits per heavy atom. The van der Waals surface area contributed by atoms with Crippen LogP contribution < -0.4 is 4.74 Å². The van der Waals surface area contributed by atoms with Gasteiger partial charge in [0.2, 0.25) is 0 Å². The SMILES string of the molecule is O=C(COc1ccccc1)N1CC[C@H](n2c(C3CCCC3)nc3cccnc32)C1. The topological polar surface area (TPSA) is 60.2 Å². The molecule has 2 aliphatic rings. The van der Waals surface area contributed by atoms with E-state index in [1.807, 2.05) is 53.6 Å². The van der Waals surface area contributed by atoms with E-state index >= 15 is 0 Å². The molecule has 2 aromatic heterocycles. The van der Waals surface area contributed by atoms with E-state index in [-0.39, 0.29) is 18.6 Å². The number of aromatic nitrogens is 3. The van der Waals surface area contributed by atoms with E-state index in [0.717, 1.165) is 35.7 Å². The number of carbonyl (C=O) groups excluding carboxylic acids is 1. The van der Waals surface area contributed by atoms with Crippen molar-refractivity contribution in [2.45, 2.75) is 44.1 Å². The molecule has 1 saturated heterocycles. The summed E-state index contributed by atoms with van der Waals surface area (Å²) in [5.74, 6) is 2.44. The summed E-state index contributed by atoms with van der Waals surface area (Å²) >= 11 is 0. The molecule has 1 aliphatic heterocycles. The molecular formula is C23H26N4O2. The van der Waals surface area contributed by atoms with Crippen LogP contribution in [0.1, 0.15) is 49.9 Å². The van der Waals surface area contributed by atoms with Crippen LogP contribution in [0.15, 0.2) is 48.7 Å². The minimum Gasteiger partial charge on any atom is -0.484 e. The van der Waals surface area contributed by atoms with E-state index in [9.17, 15) is 4.79 Å². The monoisotopic (exact) mass is 390 g/mol. The third kappa shape index (κ3) is 3.59. The number of para-hydroxylation sites is 1. The first-order valence-electron chi connectivity index (χ1n) is 10.6. The highest BCUT2D eigenvalue weighted by Crippen LogP contribution is 2.37. The summed E-state index contributed by atoms with van der Waals surface area (Å²) in [7, 11) is 0. The van der Waals surface area contributed by atoms with Crippen molar-refractivity contribution in [2.24, 2.45) is 0 Å². The molecule has 5 rings (SSSR count). The number of amides is 1. The van der Waals surface area contributed by atoms with Gasteiger partial charge in [-0.25, -0.2) is 9.97 Å². The zero-order valence-electron chi connectivity index (χ0n) is 16.5. The maximum absolute atomic E-state index is 12.7. The lowest BCUT2D eigenvalue weighted by molar-refractivity contribution is -0.132. The predicted molar refractivity (Wildman–Crippen MR) is 111 cm³/mol. The second-order valence-electron chi connectivity index (χ2n) is 8.05. The van der Waals surface area contributed by atoms with E-state index in [4.69, 9.17) is 9.72 Å². The molecule has 1 aliphatic carbocycles. The Bertz CT molecular complexity index is 995. The number of hydrogen-bond donors (Lipinski definition) is 0. The predicted octanol–water partition coefficient (Wildman–Crippen LogP) is 3.94. The van der Waals surface area contributed by atoms with Gasteiger partial charge in [-0.1, -0.05) is 31.0 Å². The minimum atomic E-state index is 0.0381. The first-order chi connectivity index (χ1) is 14.3. The van der Waals surface area contributed by atoms with Gasteiger partial charge < -0.3 is 14.2 Å². The molecule has 0 spiro atoms. The van der Waals surface area contributed by atoms with Crippen LogP contribution in [0, 0.1) is 0 Å². The van der Waals surface area contributed by atoms with Gasteiger partial charge in [0.05, 0.1) is 6.04 Å². The van der Waals surface area contributed by atoms with Crippen LogP contribution in [0.5, 0.6) is 5.75 Å². The number of carbonyl (C=O) groups is 1. The number of hydrogen-bond acceptors (Lipinski definition) is 4. The molecule has 2 fully saturated rings. The largest absolute Gasteiger partial charge is 0.484 e. The smallest absolute Gasteiger partial charge is 0.260 e. The molecule has 6 heteroatoms. The average molecular weight is 390 g/mol. The van der Waals surface area contributed by atoms with E-state index in [2.05, 4.69) is 9.55 Å². The van der Waals surface area contributed by atoms with Crippen LogP contribution in [-0.4, -0.2) is 45.0 Å². The molecular weight excluding hydrogens is 364 g/mol. The van der Waals surface area contributed by atoms with Gasteiger partial charge in [0.25, 0.3) is 5.91 Å². The summed E-state index contributed by atoms with van der Waals surface area (Å²) in [5.41, 5.74) is 1.92. The fraction of sp³-hybridized carbons (Fsp3) is 0.435. The molecule has 0 unspecified atom stereocenters. The van der Waals surface area contributed by atoms with E-state index in [1.165, 1.54) is 25.7 Å². The Morgan fingerprint density at radius 2 is 1.90 bits per heavy atom. The zero-order chi connectivity index (χ0) is 19.6. The average Bonchev–Trinajstić information content (AvgIpc) is 3.51. The molecule has 3 heterocycles. The van der Waals surface area contributed by atoms with Gasteiger partial charge in [0, 0.05) is 25.2 Å². The summed E-state index contributed by atoms with van der Waals surface area (Å²) in [4.78, 5) is 24.2. The first kappa shape index (κ1) is 18.2. The molecule has 0 N–H and O–H groups in total. The fourth-order valence-corrected chi connectivity index (χ4v) is 4.71. The van der Waals surface area contributed by atoms with Crippen LogP contribution in [0.2, 0.25) is 0 Å². The van der Waals surface area contributed by atoms with Crippen LogP contribution in [0.4, 0.5) is 0 Å². The van der Waals surface area contributed by atoms with Crippen molar-refractivity contribution >= 4 is 17.1 Å². The standard InChI is InChI=1S/C23H26N4O2/c28-21(16-29-19-9-2-1-3-10-19)26-14-12-18(15-26)27-22(17-7-4-5-8-17)25-20-11-6-13-24-23(20)27/h1-3,6,9-11,13,17-18H,4-5,7-8,12,14-16H2/t18-/m0/s1. The first-order valence-corrected chi connectivity index (χ1v) is 10.6. The third-order valence-corrected chi connectivity index (χ3v) is 6.18. The Balaban J connectivity index is 1.33. The molecule has 1 saturated carbocycles. The molecule has 1 amide bonds. The second-order valence-corrected chi connectivity index (χ2v) is 8.05. The van der Waals surface area contributed by atoms with Crippen LogP contribution in [0.25, 0.3) is 11.2 Å². The van der Waals surface area contributed by atoms with Gasteiger partial charge in [-0.05, 0) is 43.5 Å². The normalized spacial score (nSPS) is 19.9. The van der Waals surface area contributed by atoms with Crippen LogP contribution in [0.3, 0.4) is 0 Å². The number of imidazole rings is 1. The number of rotatable bonds is 5. The van der Waals surface area contributed by atoms with Crippen LogP contribution in [-0.2, 0) is 4.79 Å². The Kier molecular flexibility index (Phi) is 4.92. The van der Waals surface area contributed by atoms with Crippen molar-refractivity contribution in [3.05, 3.63) is 54.5 Å². The maximum Gasteiger partial charge on any atom is 0.260 e. The van der Waals surface area contributed by atoms with E-state index in [0.29, 0.717) is 12.5 Å². The molecule has 3 aromatic rings. The van der Waals surface area contributed by atoms with Crippen LogP contribution >= 0.6 is 0 Å². The zero-order valence-corrected chi connectivity index (χ0v) is 16.5. The summed E-state index contributed by atoms with van der Waals surface area (Å²) < 4.78 is 7.99. The van der Waals surface area contributed by atoms with Crippen molar-refractivity contribution in [1.29, 1.82) is 0 Å². The summed E-state index contributed by atoms with van der Waals surface area (Å²) in [6.45, 7) is 1.52. The molecule has 1 atom stereocenters. The van der Waals surface area contributed by atoms with Crippen molar-refractivity contribution in [1.82, 2.24) is 19.4 Å². The van der Waals surface area contributed by atoms with Gasteiger partial charge in [-0.2, -0.15) is 0 Å². The summed E-state index contributed by atoms with van der Waals surface area (Å²) in [5, 5.41) is 0. The minimum absolute atomic E-state index is 0.0381. The molecule has 0 bridgehead atoms. The lowest BCUT2D eigenvalue weighted by atomic mass is 10.1. The van der Waals surface area contributed by atoms with Gasteiger partial charge in [-0.15, -0.1) is 0 Å². The van der Waals surface area contributed by atoms with Crippen molar-refractivity contribution < 1.29 is 9.53 Å². The fourth-order valence-electron chi connectivity index (χ4n) is 4.71. The second kappa shape index (κ2) is 7.85. The Hall–Kier alpha value is -2.89. The number of fused-ring (bicyclic) bond motifs is 1. The van der Waals surface area contributed by atoms with Crippen molar-refractivity contribution in [3.63, 3.8) is 0 Å². The van der Waals surface area contributed by atoms with E-state index < -0.39 is 0 Å². The van der Waals surface area contributed by atoms with Gasteiger partial charge in [-0.3, -0.25) is 4.79 Å². The van der Waals surface area contributed by atoms with Crippen molar-refractivity contribution in [2.75, 3.05) is 19.7 Å². The lowest BCUT2D eigenvalue weighted by Gasteiger charge is -2.20. The summed E-state index contributed by atoms with van der Waals surface area (Å²) in [6, 6.07) is 13.7. The highest BCUT2D eigenvalue weighted by atomic mass is 16.5. The van der Waals surface area contributed by atoms with E-state index in [1.54, 1.807) is 0 Å². The highest BCUT2D eigenvalue weighted by molar-refractivity contribution is 5.78. The van der Waals surface area contributed by atoms with Gasteiger partial charge in [0.15, 0.2) is 12.3 Å². The number of ether oxygens (including phenoxy) is 1. The number of likely N-dealkylation sites (tertiary alicyclic amines) is 1. The quantitative estimate of drug-likeness (QED) is 0.662. The maximum atomic E-state index is 12.7. The number of pyridine rings is 1. The van der Waals surface area contributed by atoms with Crippen molar-refractivity contribution in [3.8, 4) is 5.75 Å². The van der Waals surface area contributed by atoms with Gasteiger partial charge >= 0.3 is 0 Å². The molecule has 1 aromatic carbocycles. The summed E-state index contributed by atoms with van der Waals surface area (Å²) in [6.07, 6.45) is 7.71. The molecule has 29 heavy (non-hydrogen) atoms. The third-order valence-electron chi connectivity index (χ3n) is 6.18. The number of nitrogens with zero attached hydrogens (tertiary/aromatic N) is 4. The van der Waals surface area contributed by atoms with Gasteiger partial charge in [0.1, 0.15) is 17.1 Å². The molecule has 0 radical (unpaired) electrons. The highest BCUT2D eigenvalue weighted by Gasteiger charge is 2.33. The molecule has 150 valence electrons.